The van der Waals surface area contributed by atoms with Gasteiger partial charge in [0.15, 0.2) is 0 Å². The standard InChI is InChI=1S/C19H22N6S/c1-14-9-15(2)22-16(10-14)11-18(26)24-7-5-23(6-8-24)17-12-21-19-20-3-4-25(19)13-17/h3-4,9-10,12-13H,5-8,11H2,1-2H3. The zero-order chi connectivity index (χ0) is 18.1. The van der Waals surface area contributed by atoms with Crippen LogP contribution in [0.2, 0.25) is 0 Å². The number of piperazine rings is 1. The monoisotopic (exact) mass is 366 g/mol. The molecule has 0 radical (unpaired) electrons. The molecular weight excluding hydrogens is 344 g/mol. The fraction of sp³-hybridized carbons (Fsp3) is 0.368. The summed E-state index contributed by atoms with van der Waals surface area (Å²) in [5.74, 6) is 0.731. The molecule has 1 fully saturated rings. The topological polar surface area (TPSA) is 49.6 Å². The molecule has 1 aliphatic rings. The van der Waals surface area contributed by atoms with Crippen molar-refractivity contribution in [2.75, 3.05) is 31.1 Å². The summed E-state index contributed by atoms with van der Waals surface area (Å²) in [6.45, 7) is 7.84. The maximum absolute atomic E-state index is 5.69. The average Bonchev–Trinajstić information content (AvgIpc) is 3.08. The number of fused-ring (bicyclic) bond motifs is 1. The second kappa shape index (κ2) is 6.99. The van der Waals surface area contributed by atoms with Crippen LogP contribution >= 0.6 is 12.2 Å². The maximum Gasteiger partial charge on any atom is 0.233 e. The highest BCUT2D eigenvalue weighted by Crippen LogP contribution is 2.17. The number of thiocarbonyl (C=S) groups is 1. The summed E-state index contributed by atoms with van der Waals surface area (Å²) < 4.78 is 1.96. The van der Waals surface area contributed by atoms with E-state index in [0.29, 0.717) is 0 Å². The van der Waals surface area contributed by atoms with Crippen LogP contribution in [0.4, 0.5) is 5.69 Å². The van der Waals surface area contributed by atoms with Gasteiger partial charge in [-0.3, -0.25) is 9.38 Å². The van der Waals surface area contributed by atoms with Crippen LogP contribution in [0.1, 0.15) is 17.0 Å². The molecule has 0 atom stereocenters. The zero-order valence-electron chi connectivity index (χ0n) is 15.1. The Balaban J connectivity index is 1.38. The van der Waals surface area contributed by atoms with E-state index in [4.69, 9.17) is 12.2 Å². The van der Waals surface area contributed by atoms with E-state index in [-0.39, 0.29) is 0 Å². The normalized spacial score (nSPS) is 14.8. The molecule has 0 unspecified atom stereocenters. The lowest BCUT2D eigenvalue weighted by molar-refractivity contribution is 0.386. The summed E-state index contributed by atoms with van der Waals surface area (Å²) >= 11 is 5.69. The van der Waals surface area contributed by atoms with E-state index in [0.717, 1.165) is 60.4 Å². The predicted molar refractivity (Wildman–Crippen MR) is 107 cm³/mol. The third-order valence-corrected chi connectivity index (χ3v) is 5.12. The van der Waals surface area contributed by atoms with Gasteiger partial charge in [-0.15, -0.1) is 0 Å². The number of hydrogen-bond donors (Lipinski definition) is 0. The second-order valence-electron chi connectivity index (χ2n) is 6.77. The molecule has 0 spiro atoms. The van der Waals surface area contributed by atoms with Crippen LogP contribution in [0.5, 0.6) is 0 Å². The van der Waals surface area contributed by atoms with Gasteiger partial charge in [-0.1, -0.05) is 12.2 Å². The number of aryl methyl sites for hydroxylation is 2. The molecule has 0 aliphatic carbocycles. The molecule has 0 N–H and O–H groups in total. The molecule has 1 aliphatic heterocycles. The first-order chi connectivity index (χ1) is 12.6. The first-order valence-corrected chi connectivity index (χ1v) is 9.25. The van der Waals surface area contributed by atoms with E-state index in [1.165, 1.54) is 5.56 Å². The van der Waals surface area contributed by atoms with Crippen LogP contribution in [0.3, 0.4) is 0 Å². The van der Waals surface area contributed by atoms with Crippen LogP contribution in [-0.2, 0) is 6.42 Å². The lowest BCUT2D eigenvalue weighted by Crippen LogP contribution is -2.48. The largest absolute Gasteiger partial charge is 0.366 e. The molecule has 26 heavy (non-hydrogen) atoms. The SMILES string of the molecule is Cc1cc(C)nc(CC(=S)N2CCN(c3cnc4nccn4c3)CC2)c1. The highest BCUT2D eigenvalue weighted by molar-refractivity contribution is 7.80. The van der Waals surface area contributed by atoms with Crippen molar-refractivity contribution in [3.8, 4) is 0 Å². The Hall–Kier alpha value is -2.54. The van der Waals surface area contributed by atoms with Crippen LogP contribution in [0.15, 0.2) is 36.9 Å². The van der Waals surface area contributed by atoms with Gasteiger partial charge in [0.1, 0.15) is 0 Å². The van der Waals surface area contributed by atoms with Crippen molar-refractivity contribution in [1.82, 2.24) is 24.3 Å². The summed E-state index contributed by atoms with van der Waals surface area (Å²) in [6.07, 6.45) is 8.41. The van der Waals surface area contributed by atoms with Gasteiger partial charge in [-0.2, -0.15) is 0 Å². The lowest BCUT2D eigenvalue weighted by atomic mass is 10.1. The van der Waals surface area contributed by atoms with Crippen LogP contribution in [0, 0.1) is 13.8 Å². The van der Waals surface area contributed by atoms with Gasteiger partial charge in [0, 0.05) is 62.6 Å². The number of nitrogens with zero attached hydrogens (tertiary/aromatic N) is 6. The van der Waals surface area contributed by atoms with Crippen molar-refractivity contribution in [2.24, 2.45) is 0 Å². The smallest absolute Gasteiger partial charge is 0.233 e. The first-order valence-electron chi connectivity index (χ1n) is 8.84. The summed E-state index contributed by atoms with van der Waals surface area (Å²) in [4.78, 5) is 18.8. The Morgan fingerprint density at radius 2 is 1.92 bits per heavy atom. The fourth-order valence-electron chi connectivity index (χ4n) is 3.47. The molecule has 3 aromatic rings. The molecule has 6 nitrogen and oxygen atoms in total. The molecule has 7 heteroatoms. The van der Waals surface area contributed by atoms with E-state index in [9.17, 15) is 0 Å². The van der Waals surface area contributed by atoms with Gasteiger partial charge in [0.25, 0.3) is 0 Å². The number of anilines is 1. The minimum atomic E-state index is 0.731. The Bertz CT molecular complexity index is 922. The molecule has 4 heterocycles. The van der Waals surface area contributed by atoms with E-state index in [1.807, 2.05) is 23.7 Å². The van der Waals surface area contributed by atoms with Gasteiger partial charge in [0.05, 0.1) is 16.9 Å². The number of pyridine rings is 1. The fourth-order valence-corrected chi connectivity index (χ4v) is 3.80. The Kier molecular flexibility index (Phi) is 4.55. The van der Waals surface area contributed by atoms with Gasteiger partial charge in [-0.05, 0) is 31.5 Å². The third-order valence-electron chi connectivity index (χ3n) is 4.71. The number of imidazole rings is 1. The number of aromatic nitrogens is 4. The van der Waals surface area contributed by atoms with E-state index >= 15 is 0 Å². The minimum Gasteiger partial charge on any atom is -0.366 e. The van der Waals surface area contributed by atoms with E-state index in [1.54, 1.807) is 6.20 Å². The third kappa shape index (κ3) is 3.53. The van der Waals surface area contributed by atoms with Crippen LogP contribution in [0.25, 0.3) is 5.78 Å². The second-order valence-corrected chi connectivity index (χ2v) is 7.24. The average molecular weight is 366 g/mol. The van der Waals surface area contributed by atoms with E-state index in [2.05, 4.69) is 50.0 Å². The van der Waals surface area contributed by atoms with Crippen molar-refractivity contribution in [1.29, 1.82) is 0 Å². The zero-order valence-corrected chi connectivity index (χ0v) is 15.9. The van der Waals surface area contributed by atoms with E-state index < -0.39 is 0 Å². The van der Waals surface area contributed by atoms with Crippen molar-refractivity contribution in [2.45, 2.75) is 20.3 Å². The molecule has 0 aromatic carbocycles. The minimum absolute atomic E-state index is 0.731. The lowest BCUT2D eigenvalue weighted by Gasteiger charge is -2.37. The molecule has 0 bridgehead atoms. The van der Waals surface area contributed by atoms with Crippen LogP contribution in [-0.4, -0.2) is 55.4 Å². The van der Waals surface area contributed by atoms with Crippen LogP contribution < -0.4 is 4.90 Å². The Morgan fingerprint density at radius 1 is 1.12 bits per heavy atom. The molecule has 3 aromatic heterocycles. The van der Waals surface area contributed by atoms with Crippen molar-refractivity contribution in [3.05, 3.63) is 53.9 Å². The molecule has 0 amide bonds. The molecule has 0 saturated carbocycles. The molecule has 1 saturated heterocycles. The summed E-state index contributed by atoms with van der Waals surface area (Å²) in [6, 6.07) is 4.22. The summed E-state index contributed by atoms with van der Waals surface area (Å²) in [5.41, 5.74) is 4.47. The van der Waals surface area contributed by atoms with Gasteiger partial charge >= 0.3 is 0 Å². The molecule has 134 valence electrons. The van der Waals surface area contributed by atoms with Crippen molar-refractivity contribution < 1.29 is 0 Å². The molecular formula is C19H22N6S. The van der Waals surface area contributed by atoms with Crippen molar-refractivity contribution >= 4 is 28.7 Å². The Morgan fingerprint density at radius 3 is 2.69 bits per heavy atom. The number of hydrogen-bond acceptors (Lipinski definition) is 5. The van der Waals surface area contributed by atoms with Gasteiger partial charge in [0.2, 0.25) is 5.78 Å². The first kappa shape index (κ1) is 16.9. The van der Waals surface area contributed by atoms with Gasteiger partial charge < -0.3 is 9.80 Å². The summed E-state index contributed by atoms with van der Waals surface area (Å²) in [5, 5.41) is 0. The highest BCUT2D eigenvalue weighted by Gasteiger charge is 2.20. The number of rotatable bonds is 3. The maximum atomic E-state index is 5.69. The molecule has 4 rings (SSSR count). The Labute approximate surface area is 158 Å². The summed E-state index contributed by atoms with van der Waals surface area (Å²) in [7, 11) is 0. The predicted octanol–water partition coefficient (Wildman–Crippen LogP) is 2.43. The van der Waals surface area contributed by atoms with Crippen molar-refractivity contribution in [3.63, 3.8) is 0 Å². The van der Waals surface area contributed by atoms with Gasteiger partial charge in [-0.25, -0.2) is 9.97 Å². The highest BCUT2D eigenvalue weighted by atomic mass is 32.1. The quantitative estimate of drug-likeness (QED) is 0.664.